The highest BCUT2D eigenvalue weighted by Crippen LogP contribution is 1.90. The van der Waals surface area contributed by atoms with E-state index in [1.165, 1.54) is 19.3 Å². The number of hydrogen-bond donors (Lipinski definition) is 1. The molecule has 0 spiro atoms. The van der Waals surface area contributed by atoms with Gasteiger partial charge in [-0.3, -0.25) is 4.21 Å². The normalized spacial score (nSPS) is 13.2. The van der Waals surface area contributed by atoms with Crippen LogP contribution in [0.4, 0.5) is 0 Å². The minimum absolute atomic E-state index is 0.597. The highest BCUT2D eigenvalue weighted by molar-refractivity contribution is 7.84. The SMILES string of the molecule is CCCCCNCCS(=O)CC. The van der Waals surface area contributed by atoms with Crippen molar-refractivity contribution < 1.29 is 4.21 Å². The Hall–Kier alpha value is 0.110. The number of rotatable bonds is 8. The van der Waals surface area contributed by atoms with E-state index in [2.05, 4.69) is 12.2 Å². The molecule has 2 nitrogen and oxygen atoms in total. The molecule has 0 aliphatic rings. The summed E-state index contributed by atoms with van der Waals surface area (Å²) in [7, 11) is -0.597. The van der Waals surface area contributed by atoms with Crippen LogP contribution in [0.15, 0.2) is 0 Å². The van der Waals surface area contributed by atoms with Crippen LogP contribution in [0.5, 0.6) is 0 Å². The van der Waals surface area contributed by atoms with Crippen LogP contribution in [-0.2, 0) is 10.8 Å². The van der Waals surface area contributed by atoms with Crippen LogP contribution in [0.25, 0.3) is 0 Å². The van der Waals surface area contributed by atoms with Gasteiger partial charge < -0.3 is 5.32 Å². The van der Waals surface area contributed by atoms with E-state index in [1.807, 2.05) is 6.92 Å². The first-order valence-electron chi connectivity index (χ1n) is 4.87. The van der Waals surface area contributed by atoms with Gasteiger partial charge in [0, 0.05) is 28.9 Å². The van der Waals surface area contributed by atoms with Crippen LogP contribution in [0, 0.1) is 0 Å². The molecule has 0 radical (unpaired) electrons. The zero-order valence-corrected chi connectivity index (χ0v) is 9.08. The highest BCUT2D eigenvalue weighted by atomic mass is 32.2. The summed E-state index contributed by atoms with van der Waals surface area (Å²) in [6.07, 6.45) is 3.81. The molecule has 0 amide bonds. The van der Waals surface area contributed by atoms with Gasteiger partial charge in [-0.1, -0.05) is 26.7 Å². The van der Waals surface area contributed by atoms with E-state index in [4.69, 9.17) is 0 Å². The van der Waals surface area contributed by atoms with Crippen molar-refractivity contribution in [3.05, 3.63) is 0 Å². The van der Waals surface area contributed by atoms with Crippen LogP contribution < -0.4 is 5.32 Å². The lowest BCUT2D eigenvalue weighted by atomic mass is 10.2. The molecule has 0 aromatic heterocycles. The smallest absolute Gasteiger partial charge is 0.0359 e. The van der Waals surface area contributed by atoms with Crippen molar-refractivity contribution in [2.45, 2.75) is 33.1 Å². The summed E-state index contributed by atoms with van der Waals surface area (Å²) < 4.78 is 11.0. The molecule has 1 N–H and O–H groups in total. The Morgan fingerprint density at radius 3 is 2.50 bits per heavy atom. The quantitative estimate of drug-likeness (QED) is 0.590. The molecule has 0 saturated heterocycles. The van der Waals surface area contributed by atoms with Crippen molar-refractivity contribution in [1.29, 1.82) is 0 Å². The Morgan fingerprint density at radius 2 is 1.92 bits per heavy atom. The fraction of sp³-hybridized carbons (Fsp3) is 1.00. The molecule has 12 heavy (non-hydrogen) atoms. The van der Waals surface area contributed by atoms with Gasteiger partial charge in [0.15, 0.2) is 0 Å². The van der Waals surface area contributed by atoms with Crippen LogP contribution in [-0.4, -0.2) is 28.8 Å². The Labute approximate surface area is 78.6 Å². The van der Waals surface area contributed by atoms with Gasteiger partial charge in [-0.05, 0) is 13.0 Å². The Bertz CT molecular complexity index is 117. The summed E-state index contributed by atoms with van der Waals surface area (Å²) in [6.45, 7) is 6.15. The summed E-state index contributed by atoms with van der Waals surface area (Å²) in [5.74, 6) is 1.60. The predicted octanol–water partition coefficient (Wildman–Crippen LogP) is 1.53. The fourth-order valence-corrected chi connectivity index (χ4v) is 1.62. The maximum atomic E-state index is 11.0. The molecule has 0 aliphatic heterocycles. The van der Waals surface area contributed by atoms with Crippen molar-refractivity contribution in [3.63, 3.8) is 0 Å². The van der Waals surface area contributed by atoms with E-state index in [0.29, 0.717) is 0 Å². The van der Waals surface area contributed by atoms with Crippen LogP contribution in [0.3, 0.4) is 0 Å². The molecule has 0 saturated carbocycles. The average molecular weight is 191 g/mol. The van der Waals surface area contributed by atoms with Gasteiger partial charge in [0.2, 0.25) is 0 Å². The zero-order valence-electron chi connectivity index (χ0n) is 8.27. The van der Waals surface area contributed by atoms with Gasteiger partial charge in [0.1, 0.15) is 0 Å². The Morgan fingerprint density at radius 1 is 1.17 bits per heavy atom. The maximum Gasteiger partial charge on any atom is 0.0359 e. The Balaban J connectivity index is 2.95. The lowest BCUT2D eigenvalue weighted by Crippen LogP contribution is -2.22. The lowest BCUT2D eigenvalue weighted by Gasteiger charge is -2.02. The standard InChI is InChI=1S/C9H21NOS/c1-3-5-6-7-10-8-9-12(11)4-2/h10H,3-9H2,1-2H3. The second kappa shape index (κ2) is 9.20. The zero-order chi connectivity index (χ0) is 9.23. The summed E-state index contributed by atoms with van der Waals surface area (Å²) in [4.78, 5) is 0. The summed E-state index contributed by atoms with van der Waals surface area (Å²) in [5.41, 5.74) is 0. The summed E-state index contributed by atoms with van der Waals surface area (Å²) in [5, 5.41) is 3.29. The lowest BCUT2D eigenvalue weighted by molar-refractivity contribution is 0.630. The topological polar surface area (TPSA) is 29.1 Å². The van der Waals surface area contributed by atoms with Crippen LogP contribution in [0.1, 0.15) is 33.1 Å². The van der Waals surface area contributed by atoms with E-state index in [-0.39, 0.29) is 0 Å². The van der Waals surface area contributed by atoms with Crippen molar-refractivity contribution in [1.82, 2.24) is 5.32 Å². The second-order valence-corrected chi connectivity index (χ2v) is 4.75. The molecule has 0 rings (SSSR count). The second-order valence-electron chi connectivity index (χ2n) is 2.89. The first kappa shape index (κ1) is 12.1. The van der Waals surface area contributed by atoms with E-state index >= 15 is 0 Å². The highest BCUT2D eigenvalue weighted by Gasteiger charge is 1.93. The molecule has 74 valence electrons. The molecule has 0 heterocycles. The minimum atomic E-state index is -0.597. The van der Waals surface area contributed by atoms with Gasteiger partial charge in [0.25, 0.3) is 0 Å². The van der Waals surface area contributed by atoms with Gasteiger partial charge in [-0.15, -0.1) is 0 Å². The van der Waals surface area contributed by atoms with Crippen LogP contribution >= 0.6 is 0 Å². The molecule has 0 bridgehead atoms. The van der Waals surface area contributed by atoms with Crippen molar-refractivity contribution in [2.24, 2.45) is 0 Å². The monoisotopic (exact) mass is 191 g/mol. The molecule has 1 unspecified atom stereocenters. The minimum Gasteiger partial charge on any atom is -0.316 e. The van der Waals surface area contributed by atoms with Gasteiger partial charge in [-0.2, -0.15) is 0 Å². The summed E-state index contributed by atoms with van der Waals surface area (Å²) in [6, 6.07) is 0. The van der Waals surface area contributed by atoms with Crippen molar-refractivity contribution >= 4 is 10.8 Å². The first-order chi connectivity index (χ1) is 5.81. The third-order valence-corrected chi connectivity index (χ3v) is 3.09. The van der Waals surface area contributed by atoms with E-state index in [0.717, 1.165) is 24.6 Å². The molecular weight excluding hydrogens is 170 g/mol. The molecule has 0 aliphatic carbocycles. The number of unbranched alkanes of at least 4 members (excludes halogenated alkanes) is 2. The molecule has 0 aromatic rings. The third kappa shape index (κ3) is 8.21. The predicted molar refractivity (Wildman–Crippen MR) is 55.9 cm³/mol. The van der Waals surface area contributed by atoms with Gasteiger partial charge in [-0.25, -0.2) is 0 Å². The van der Waals surface area contributed by atoms with E-state index < -0.39 is 10.8 Å². The van der Waals surface area contributed by atoms with Gasteiger partial charge >= 0.3 is 0 Å². The molecule has 0 aromatic carbocycles. The number of nitrogens with one attached hydrogen (secondary N) is 1. The van der Waals surface area contributed by atoms with Crippen molar-refractivity contribution in [3.8, 4) is 0 Å². The molecule has 1 atom stereocenters. The molecular formula is C9H21NOS. The molecule has 0 fully saturated rings. The largest absolute Gasteiger partial charge is 0.316 e. The summed E-state index contributed by atoms with van der Waals surface area (Å²) >= 11 is 0. The van der Waals surface area contributed by atoms with Crippen molar-refractivity contribution in [2.75, 3.05) is 24.6 Å². The number of hydrogen-bond acceptors (Lipinski definition) is 2. The van der Waals surface area contributed by atoms with Crippen LogP contribution in [0.2, 0.25) is 0 Å². The average Bonchev–Trinajstić information content (AvgIpc) is 2.10. The molecule has 3 heteroatoms. The fourth-order valence-electron chi connectivity index (χ4n) is 0.955. The first-order valence-corrected chi connectivity index (χ1v) is 6.35. The van der Waals surface area contributed by atoms with E-state index in [9.17, 15) is 4.21 Å². The van der Waals surface area contributed by atoms with E-state index in [1.54, 1.807) is 0 Å². The Kier molecular flexibility index (Phi) is 9.28. The maximum absolute atomic E-state index is 11.0. The van der Waals surface area contributed by atoms with Gasteiger partial charge in [0.05, 0.1) is 0 Å². The third-order valence-electron chi connectivity index (χ3n) is 1.79.